The van der Waals surface area contributed by atoms with E-state index >= 15 is 0 Å². The number of carbonyl (C=O) groups excluding carboxylic acids is 1. The summed E-state index contributed by atoms with van der Waals surface area (Å²) in [6.45, 7) is 0.774. The van der Waals surface area contributed by atoms with Crippen LogP contribution in [0.1, 0.15) is 6.42 Å². The van der Waals surface area contributed by atoms with Crippen LogP contribution in [0.4, 0.5) is 5.13 Å². The molecule has 1 unspecified atom stereocenters. The van der Waals surface area contributed by atoms with Crippen LogP contribution in [0.5, 0.6) is 0 Å². The zero-order chi connectivity index (χ0) is 16.1. The highest BCUT2D eigenvalue weighted by Crippen LogP contribution is 2.26. The van der Waals surface area contributed by atoms with E-state index in [0.29, 0.717) is 11.6 Å². The van der Waals surface area contributed by atoms with E-state index in [-0.39, 0.29) is 5.91 Å². The number of amides is 1. The first kappa shape index (κ1) is 17.1. The molecule has 0 aliphatic rings. The summed E-state index contributed by atoms with van der Waals surface area (Å²) in [7, 11) is 3.91. The molecule has 2 aromatic rings. The number of nitrogens with two attached hydrogens (primary N) is 1. The lowest BCUT2D eigenvalue weighted by Crippen LogP contribution is -2.37. The molecule has 22 heavy (non-hydrogen) atoms. The third-order valence-corrected chi connectivity index (χ3v) is 4.33. The van der Waals surface area contributed by atoms with Gasteiger partial charge in [-0.3, -0.25) is 4.79 Å². The molecule has 1 aromatic carbocycles. The second kappa shape index (κ2) is 7.82. The Balaban J connectivity index is 1.98. The molecule has 0 bridgehead atoms. The number of hydrogen-bond acceptors (Lipinski definition) is 5. The van der Waals surface area contributed by atoms with Crippen molar-refractivity contribution in [1.29, 1.82) is 0 Å². The molecule has 2 rings (SSSR count). The Hall–Kier alpha value is -1.28. The summed E-state index contributed by atoms with van der Waals surface area (Å²) >= 11 is 4.84. The van der Waals surface area contributed by atoms with E-state index in [1.165, 1.54) is 11.3 Å². The van der Waals surface area contributed by atoms with E-state index in [1.54, 1.807) is 0 Å². The highest BCUT2D eigenvalue weighted by atomic mass is 79.9. The highest BCUT2D eigenvalue weighted by Gasteiger charge is 2.15. The smallest absolute Gasteiger partial charge is 0.243 e. The molecule has 7 heteroatoms. The van der Waals surface area contributed by atoms with Gasteiger partial charge in [-0.2, -0.15) is 0 Å². The predicted molar refractivity (Wildman–Crippen MR) is 95.0 cm³/mol. The maximum Gasteiger partial charge on any atom is 0.243 e. The van der Waals surface area contributed by atoms with Gasteiger partial charge in [-0.15, -0.1) is 11.3 Å². The van der Waals surface area contributed by atoms with E-state index in [2.05, 4.69) is 26.2 Å². The Bertz CT molecular complexity index is 644. The molecule has 3 N–H and O–H groups in total. The standard InChI is InChI=1S/C15H19BrN4OS/c1-20(2)7-6-12(17)14(21)19-15-18-13(9-22-15)10-4-3-5-11(16)8-10/h3-5,8-9,12H,6-7,17H2,1-2H3,(H,18,19,21). The Labute approximate surface area is 142 Å². The predicted octanol–water partition coefficient (Wildman–Crippen LogP) is 2.79. The summed E-state index contributed by atoms with van der Waals surface area (Å²) in [5, 5.41) is 5.27. The number of rotatable bonds is 6. The molecule has 0 aliphatic heterocycles. The maximum atomic E-state index is 12.0. The van der Waals surface area contributed by atoms with Crippen molar-refractivity contribution in [3.05, 3.63) is 34.1 Å². The van der Waals surface area contributed by atoms with Crippen molar-refractivity contribution in [2.45, 2.75) is 12.5 Å². The summed E-state index contributed by atoms with van der Waals surface area (Å²) in [5.74, 6) is -0.197. The fraction of sp³-hybridized carbons (Fsp3) is 0.333. The second-order valence-electron chi connectivity index (χ2n) is 5.24. The minimum Gasteiger partial charge on any atom is -0.320 e. The number of anilines is 1. The van der Waals surface area contributed by atoms with Crippen LogP contribution in [0.15, 0.2) is 34.1 Å². The average molecular weight is 383 g/mol. The number of nitrogens with one attached hydrogen (secondary N) is 1. The van der Waals surface area contributed by atoms with Crippen molar-refractivity contribution >= 4 is 38.3 Å². The molecule has 1 atom stereocenters. The van der Waals surface area contributed by atoms with Crippen molar-refractivity contribution in [3.8, 4) is 11.3 Å². The topological polar surface area (TPSA) is 71.2 Å². The summed E-state index contributed by atoms with van der Waals surface area (Å²) in [4.78, 5) is 18.5. The molecule has 118 valence electrons. The van der Waals surface area contributed by atoms with Crippen LogP contribution < -0.4 is 11.1 Å². The summed E-state index contributed by atoms with van der Waals surface area (Å²) in [6, 6.07) is 7.36. The van der Waals surface area contributed by atoms with Gasteiger partial charge >= 0.3 is 0 Å². The molecule has 0 radical (unpaired) electrons. The van der Waals surface area contributed by atoms with Crippen LogP contribution in [-0.2, 0) is 4.79 Å². The van der Waals surface area contributed by atoms with E-state index in [1.807, 2.05) is 48.6 Å². The molecule has 0 saturated carbocycles. The highest BCUT2D eigenvalue weighted by molar-refractivity contribution is 9.10. The molecule has 0 spiro atoms. The lowest BCUT2D eigenvalue weighted by atomic mass is 10.2. The van der Waals surface area contributed by atoms with Gasteiger partial charge in [0.15, 0.2) is 5.13 Å². The van der Waals surface area contributed by atoms with Crippen LogP contribution in [-0.4, -0.2) is 42.5 Å². The van der Waals surface area contributed by atoms with Crippen LogP contribution >= 0.6 is 27.3 Å². The average Bonchev–Trinajstić information content (AvgIpc) is 2.93. The van der Waals surface area contributed by atoms with Crippen LogP contribution in [0, 0.1) is 0 Å². The number of nitrogens with zero attached hydrogens (tertiary/aromatic N) is 2. The monoisotopic (exact) mass is 382 g/mol. The third kappa shape index (κ3) is 4.88. The summed E-state index contributed by atoms with van der Waals surface area (Å²) in [6.07, 6.45) is 0.614. The second-order valence-corrected chi connectivity index (χ2v) is 7.01. The van der Waals surface area contributed by atoms with Crippen molar-refractivity contribution in [1.82, 2.24) is 9.88 Å². The zero-order valence-corrected chi connectivity index (χ0v) is 14.9. The normalized spacial score (nSPS) is 12.4. The van der Waals surface area contributed by atoms with E-state index < -0.39 is 6.04 Å². The van der Waals surface area contributed by atoms with Crippen LogP contribution in [0.2, 0.25) is 0 Å². The third-order valence-electron chi connectivity index (χ3n) is 3.08. The van der Waals surface area contributed by atoms with Crippen LogP contribution in [0.25, 0.3) is 11.3 Å². The van der Waals surface area contributed by atoms with Gasteiger partial charge in [0, 0.05) is 15.4 Å². The fourth-order valence-electron chi connectivity index (χ4n) is 1.84. The van der Waals surface area contributed by atoms with Crippen molar-refractivity contribution in [2.75, 3.05) is 26.0 Å². The first-order valence-corrected chi connectivity index (χ1v) is 8.55. The molecule has 0 fully saturated rings. The Kier molecular flexibility index (Phi) is 6.07. The van der Waals surface area contributed by atoms with E-state index in [0.717, 1.165) is 22.3 Å². The number of aromatic nitrogens is 1. The Morgan fingerprint density at radius 1 is 1.50 bits per heavy atom. The zero-order valence-electron chi connectivity index (χ0n) is 12.5. The fourth-order valence-corrected chi connectivity index (χ4v) is 2.96. The summed E-state index contributed by atoms with van der Waals surface area (Å²) < 4.78 is 0.995. The number of thiazole rings is 1. The Morgan fingerprint density at radius 2 is 2.27 bits per heavy atom. The van der Waals surface area contributed by atoms with Gasteiger partial charge in [0.25, 0.3) is 0 Å². The minimum atomic E-state index is -0.527. The van der Waals surface area contributed by atoms with Gasteiger partial charge in [-0.25, -0.2) is 4.98 Å². The first-order chi connectivity index (χ1) is 10.5. The molecule has 5 nitrogen and oxygen atoms in total. The lowest BCUT2D eigenvalue weighted by molar-refractivity contribution is -0.117. The van der Waals surface area contributed by atoms with Crippen molar-refractivity contribution in [2.24, 2.45) is 5.73 Å². The molecule has 1 aromatic heterocycles. The first-order valence-electron chi connectivity index (χ1n) is 6.88. The molecular weight excluding hydrogens is 364 g/mol. The maximum absolute atomic E-state index is 12.0. The molecular formula is C15H19BrN4OS. The van der Waals surface area contributed by atoms with Gasteiger partial charge in [0.1, 0.15) is 0 Å². The number of hydrogen-bond donors (Lipinski definition) is 2. The van der Waals surface area contributed by atoms with Gasteiger partial charge in [-0.1, -0.05) is 28.1 Å². The summed E-state index contributed by atoms with van der Waals surface area (Å²) in [5.41, 5.74) is 7.72. The molecule has 0 saturated heterocycles. The molecule has 0 aliphatic carbocycles. The minimum absolute atomic E-state index is 0.197. The van der Waals surface area contributed by atoms with E-state index in [4.69, 9.17) is 5.73 Å². The molecule has 1 amide bonds. The largest absolute Gasteiger partial charge is 0.320 e. The van der Waals surface area contributed by atoms with E-state index in [9.17, 15) is 4.79 Å². The SMILES string of the molecule is CN(C)CCC(N)C(=O)Nc1nc(-c2cccc(Br)c2)cs1. The lowest BCUT2D eigenvalue weighted by Gasteiger charge is -2.14. The van der Waals surface area contributed by atoms with Gasteiger partial charge in [0.2, 0.25) is 5.91 Å². The number of carbonyl (C=O) groups is 1. The van der Waals surface area contributed by atoms with Gasteiger partial charge < -0.3 is 16.0 Å². The van der Waals surface area contributed by atoms with Crippen molar-refractivity contribution in [3.63, 3.8) is 0 Å². The van der Waals surface area contributed by atoms with Crippen molar-refractivity contribution < 1.29 is 4.79 Å². The number of benzene rings is 1. The van der Waals surface area contributed by atoms with Crippen LogP contribution in [0.3, 0.4) is 0 Å². The molecule has 1 heterocycles. The number of halogens is 1. The Morgan fingerprint density at radius 3 is 2.95 bits per heavy atom. The van der Waals surface area contributed by atoms with Gasteiger partial charge in [0.05, 0.1) is 11.7 Å². The van der Waals surface area contributed by atoms with Gasteiger partial charge in [-0.05, 0) is 39.2 Å². The quantitative estimate of drug-likeness (QED) is 0.805.